The quantitative estimate of drug-likeness (QED) is 0.493. The first-order valence-electron chi connectivity index (χ1n) is 11.7. The average molecular weight is 543 g/mol. The second kappa shape index (κ2) is 10.4. The molecular formula is C25H24ClFN6O3S. The SMILES string of the molecule is COC(=O)C1=C(C2CCN(C(=O)c3cnn(C)c3)CC2)NC(c2nccs2)=NC1c1ccc(F)cc1Cl. The molecule has 1 atom stereocenters. The first kappa shape index (κ1) is 25.1. The molecule has 5 rings (SSSR count). The number of carbonyl (C=O) groups excluding carboxylic acids is 2. The van der Waals surface area contributed by atoms with E-state index in [-0.39, 0.29) is 16.8 Å². The highest BCUT2D eigenvalue weighted by molar-refractivity contribution is 7.11. The summed E-state index contributed by atoms with van der Waals surface area (Å²) in [6, 6.07) is 3.21. The van der Waals surface area contributed by atoms with Gasteiger partial charge in [0.15, 0.2) is 10.8 Å². The standard InChI is InChI=1S/C25H24ClFN6O3S/c1-32-13-15(12-29-32)24(34)33-8-5-14(6-9-33)20-19(25(35)36-2)21(17-4-3-16(27)11-18(17)26)31-22(30-20)23-28-7-10-37-23/h3-4,7,10-14,21H,5-6,8-9H2,1-2H3,(H,30,31). The lowest BCUT2D eigenvalue weighted by molar-refractivity contribution is -0.136. The third kappa shape index (κ3) is 5.01. The van der Waals surface area contributed by atoms with Crippen molar-refractivity contribution in [1.82, 2.24) is 25.0 Å². The third-order valence-corrected chi connectivity index (χ3v) is 7.62. The fraction of sp³-hybridized carbons (Fsp3) is 0.320. The molecule has 2 aromatic heterocycles. The molecule has 0 aliphatic carbocycles. The summed E-state index contributed by atoms with van der Waals surface area (Å²) in [5.41, 5.74) is 2.00. The number of thiazole rings is 1. The molecule has 1 saturated heterocycles. The van der Waals surface area contributed by atoms with E-state index in [2.05, 4.69) is 15.4 Å². The zero-order chi connectivity index (χ0) is 26.1. The van der Waals surface area contributed by atoms with Crippen molar-refractivity contribution in [2.75, 3.05) is 20.2 Å². The van der Waals surface area contributed by atoms with Crippen molar-refractivity contribution in [2.45, 2.75) is 18.9 Å². The Kier molecular flexibility index (Phi) is 7.07. The zero-order valence-corrected chi connectivity index (χ0v) is 21.7. The largest absolute Gasteiger partial charge is 0.466 e. The minimum atomic E-state index is -0.814. The summed E-state index contributed by atoms with van der Waals surface area (Å²) in [4.78, 5) is 37.0. The summed E-state index contributed by atoms with van der Waals surface area (Å²) in [5.74, 6) is -0.701. The maximum absolute atomic E-state index is 13.8. The molecule has 1 aromatic carbocycles. The van der Waals surface area contributed by atoms with E-state index < -0.39 is 17.8 Å². The van der Waals surface area contributed by atoms with E-state index in [0.717, 1.165) is 0 Å². The van der Waals surface area contributed by atoms with E-state index in [1.165, 1.54) is 36.6 Å². The molecule has 1 fully saturated rings. The molecule has 0 bridgehead atoms. The van der Waals surface area contributed by atoms with Crippen molar-refractivity contribution in [1.29, 1.82) is 0 Å². The number of allylic oxidation sites excluding steroid dienone is 1. The molecule has 1 N–H and O–H groups in total. The molecule has 4 heterocycles. The Morgan fingerprint density at radius 1 is 1.27 bits per heavy atom. The number of aromatic nitrogens is 3. The summed E-state index contributed by atoms with van der Waals surface area (Å²) >= 11 is 7.83. The number of nitrogens with one attached hydrogen (secondary N) is 1. The highest BCUT2D eigenvalue weighted by Gasteiger charge is 2.38. The van der Waals surface area contributed by atoms with Crippen LogP contribution in [0.1, 0.15) is 39.8 Å². The summed E-state index contributed by atoms with van der Waals surface area (Å²) in [5, 5.41) is 10.1. The number of amidine groups is 1. The van der Waals surface area contributed by atoms with E-state index in [0.29, 0.717) is 59.2 Å². The topological polar surface area (TPSA) is 102 Å². The maximum atomic E-state index is 13.8. The van der Waals surface area contributed by atoms with Crippen LogP contribution in [0.3, 0.4) is 0 Å². The van der Waals surface area contributed by atoms with Gasteiger partial charge < -0.3 is 15.0 Å². The van der Waals surface area contributed by atoms with Gasteiger partial charge in [0.25, 0.3) is 5.91 Å². The molecule has 12 heteroatoms. The predicted molar refractivity (Wildman–Crippen MR) is 137 cm³/mol. The summed E-state index contributed by atoms with van der Waals surface area (Å²) in [6.45, 7) is 1.01. The Hall–Kier alpha value is -3.57. The lowest BCUT2D eigenvalue weighted by atomic mass is 9.85. The predicted octanol–water partition coefficient (Wildman–Crippen LogP) is 3.74. The molecular weight excluding hydrogens is 519 g/mol. The van der Waals surface area contributed by atoms with Gasteiger partial charge in [-0.25, -0.2) is 14.2 Å². The van der Waals surface area contributed by atoms with E-state index >= 15 is 0 Å². The van der Waals surface area contributed by atoms with E-state index in [9.17, 15) is 14.0 Å². The third-order valence-electron chi connectivity index (χ3n) is 6.51. The summed E-state index contributed by atoms with van der Waals surface area (Å²) in [7, 11) is 3.08. The molecule has 2 aliphatic rings. The van der Waals surface area contributed by atoms with Gasteiger partial charge >= 0.3 is 5.97 Å². The van der Waals surface area contributed by atoms with Crippen molar-refractivity contribution in [2.24, 2.45) is 18.0 Å². The number of hydrogen-bond acceptors (Lipinski definition) is 8. The van der Waals surface area contributed by atoms with Gasteiger partial charge in [-0.15, -0.1) is 11.3 Å². The molecule has 1 amide bonds. The summed E-state index contributed by atoms with van der Waals surface area (Å²) < 4.78 is 20.6. The normalized spacial score (nSPS) is 18.4. The van der Waals surface area contributed by atoms with Crippen LogP contribution in [0.15, 0.2) is 58.4 Å². The summed E-state index contributed by atoms with van der Waals surface area (Å²) in [6.07, 6.45) is 6.16. The fourth-order valence-corrected chi connectivity index (χ4v) is 5.56. The van der Waals surface area contributed by atoms with Crippen LogP contribution in [-0.2, 0) is 16.6 Å². The molecule has 9 nitrogen and oxygen atoms in total. The van der Waals surface area contributed by atoms with Crippen LogP contribution in [0.2, 0.25) is 5.02 Å². The molecule has 0 saturated carbocycles. The number of carbonyl (C=O) groups is 2. The van der Waals surface area contributed by atoms with Gasteiger partial charge in [0, 0.05) is 60.1 Å². The van der Waals surface area contributed by atoms with Crippen molar-refractivity contribution >= 4 is 40.6 Å². The maximum Gasteiger partial charge on any atom is 0.338 e. The van der Waals surface area contributed by atoms with Gasteiger partial charge in [-0.1, -0.05) is 17.7 Å². The van der Waals surface area contributed by atoms with Gasteiger partial charge in [-0.2, -0.15) is 5.10 Å². The van der Waals surface area contributed by atoms with Gasteiger partial charge in [0.1, 0.15) is 11.9 Å². The number of ether oxygens (including phenoxy) is 1. The Balaban J connectivity index is 1.50. The number of likely N-dealkylation sites (tertiary alicyclic amines) is 1. The van der Waals surface area contributed by atoms with Crippen LogP contribution in [0, 0.1) is 11.7 Å². The van der Waals surface area contributed by atoms with E-state index in [1.54, 1.807) is 35.2 Å². The Labute approximate surface area is 221 Å². The lowest BCUT2D eigenvalue weighted by Crippen LogP contribution is -2.43. The highest BCUT2D eigenvalue weighted by Crippen LogP contribution is 2.40. The Morgan fingerprint density at radius 2 is 2.05 bits per heavy atom. The fourth-order valence-electron chi connectivity index (χ4n) is 4.70. The number of amides is 1. The molecule has 3 aromatic rings. The number of aliphatic imine (C=N–C) groups is 1. The molecule has 1 unspecified atom stereocenters. The van der Waals surface area contributed by atoms with Crippen molar-refractivity contribution in [3.63, 3.8) is 0 Å². The van der Waals surface area contributed by atoms with Crippen molar-refractivity contribution in [3.8, 4) is 0 Å². The monoisotopic (exact) mass is 542 g/mol. The number of methoxy groups -OCH3 is 1. The smallest absolute Gasteiger partial charge is 0.338 e. The van der Waals surface area contributed by atoms with Crippen molar-refractivity contribution < 1.29 is 18.7 Å². The number of nitrogens with zero attached hydrogens (tertiary/aromatic N) is 5. The van der Waals surface area contributed by atoms with Gasteiger partial charge in [-0.05, 0) is 25.0 Å². The Morgan fingerprint density at radius 3 is 2.68 bits per heavy atom. The minimum Gasteiger partial charge on any atom is -0.466 e. The van der Waals surface area contributed by atoms with Crippen LogP contribution >= 0.6 is 22.9 Å². The average Bonchev–Trinajstić information content (AvgIpc) is 3.60. The first-order chi connectivity index (χ1) is 17.9. The number of rotatable bonds is 5. The second-order valence-electron chi connectivity index (χ2n) is 8.80. The lowest BCUT2D eigenvalue weighted by Gasteiger charge is -2.36. The van der Waals surface area contributed by atoms with Crippen LogP contribution in [0.4, 0.5) is 4.39 Å². The van der Waals surface area contributed by atoms with Crippen LogP contribution in [-0.4, -0.2) is 57.6 Å². The van der Waals surface area contributed by atoms with Gasteiger partial charge in [0.2, 0.25) is 0 Å². The van der Waals surface area contributed by atoms with Gasteiger partial charge in [-0.3, -0.25) is 14.5 Å². The molecule has 2 aliphatic heterocycles. The number of hydrogen-bond donors (Lipinski definition) is 1. The molecule has 0 spiro atoms. The van der Waals surface area contributed by atoms with E-state index in [1.807, 2.05) is 5.38 Å². The number of piperidine rings is 1. The van der Waals surface area contributed by atoms with Crippen LogP contribution in [0.5, 0.6) is 0 Å². The first-order valence-corrected chi connectivity index (χ1v) is 12.9. The zero-order valence-electron chi connectivity index (χ0n) is 20.1. The molecule has 192 valence electrons. The van der Waals surface area contributed by atoms with Crippen molar-refractivity contribution in [3.05, 3.63) is 80.4 Å². The number of halogens is 2. The molecule has 0 radical (unpaired) electrons. The second-order valence-corrected chi connectivity index (χ2v) is 10.1. The van der Waals surface area contributed by atoms with Crippen LogP contribution in [0.25, 0.3) is 0 Å². The highest BCUT2D eigenvalue weighted by atomic mass is 35.5. The molecule has 37 heavy (non-hydrogen) atoms. The number of benzene rings is 1. The Bertz CT molecular complexity index is 1400. The minimum absolute atomic E-state index is 0.0775. The van der Waals surface area contributed by atoms with Gasteiger partial charge in [0.05, 0.1) is 24.4 Å². The number of aryl methyl sites for hydroxylation is 1. The van der Waals surface area contributed by atoms with Crippen LogP contribution < -0.4 is 5.32 Å². The van der Waals surface area contributed by atoms with E-state index in [4.69, 9.17) is 21.3 Å². The number of esters is 1.